The Balaban J connectivity index is 2.34. The number of aryl methyl sites for hydroxylation is 1. The lowest BCUT2D eigenvalue weighted by Gasteiger charge is -2.35. The van der Waals surface area contributed by atoms with E-state index in [4.69, 9.17) is 0 Å². The monoisotopic (exact) mass is 263 g/mol. The number of benzene rings is 1. The van der Waals surface area contributed by atoms with Gasteiger partial charge in [0.1, 0.15) is 5.82 Å². The van der Waals surface area contributed by atoms with Crippen LogP contribution in [0.15, 0.2) is 18.2 Å². The van der Waals surface area contributed by atoms with Crippen LogP contribution in [0.25, 0.3) is 0 Å². The van der Waals surface area contributed by atoms with E-state index in [-0.39, 0.29) is 11.9 Å². The quantitative estimate of drug-likeness (QED) is 0.836. The number of hydrogen-bond donors (Lipinski definition) is 1. The first-order valence-corrected chi connectivity index (χ1v) is 7.44. The van der Waals surface area contributed by atoms with E-state index in [1.807, 2.05) is 6.92 Å². The third kappa shape index (κ3) is 3.17. The lowest BCUT2D eigenvalue weighted by atomic mass is 9.75. The van der Waals surface area contributed by atoms with Crippen molar-refractivity contribution in [2.75, 3.05) is 6.54 Å². The molecule has 1 saturated carbocycles. The summed E-state index contributed by atoms with van der Waals surface area (Å²) in [7, 11) is 0. The predicted octanol–water partition coefficient (Wildman–Crippen LogP) is 4.61. The Bertz CT molecular complexity index is 419. The second-order valence-corrected chi connectivity index (χ2v) is 6.58. The molecule has 1 nitrogen and oxygen atoms in total. The van der Waals surface area contributed by atoms with Gasteiger partial charge in [0, 0.05) is 6.04 Å². The Morgan fingerprint density at radius 2 is 2.11 bits per heavy atom. The molecule has 2 heteroatoms. The second kappa shape index (κ2) is 5.62. The lowest BCUT2D eigenvalue weighted by Crippen LogP contribution is -2.34. The van der Waals surface area contributed by atoms with Crippen molar-refractivity contribution < 1.29 is 4.39 Å². The minimum atomic E-state index is -0.117. The maximum atomic E-state index is 13.7. The molecule has 2 atom stereocenters. The molecule has 1 fully saturated rings. The fraction of sp³-hybridized carbons (Fsp3) is 0.647. The summed E-state index contributed by atoms with van der Waals surface area (Å²) in [6.45, 7) is 9.71. The van der Waals surface area contributed by atoms with Crippen LogP contribution in [0.4, 0.5) is 4.39 Å². The maximum Gasteiger partial charge on any atom is 0.123 e. The molecule has 1 aromatic carbocycles. The largest absolute Gasteiger partial charge is 0.310 e. The van der Waals surface area contributed by atoms with E-state index in [1.165, 1.54) is 19.3 Å². The fourth-order valence-electron chi connectivity index (χ4n) is 3.63. The highest BCUT2D eigenvalue weighted by Gasteiger charge is 2.39. The van der Waals surface area contributed by atoms with Crippen LogP contribution in [0.2, 0.25) is 0 Å². The van der Waals surface area contributed by atoms with E-state index in [2.05, 4.69) is 32.2 Å². The molecule has 0 aromatic heterocycles. The van der Waals surface area contributed by atoms with Crippen molar-refractivity contribution in [2.24, 2.45) is 11.3 Å². The van der Waals surface area contributed by atoms with Crippen molar-refractivity contribution >= 4 is 0 Å². The first-order chi connectivity index (χ1) is 8.94. The number of halogens is 1. The third-order valence-electron chi connectivity index (χ3n) is 4.59. The number of nitrogens with one attached hydrogen (secondary N) is 1. The van der Waals surface area contributed by atoms with Gasteiger partial charge in [0.25, 0.3) is 0 Å². The minimum absolute atomic E-state index is 0.117. The molecule has 2 rings (SSSR count). The molecule has 0 bridgehead atoms. The third-order valence-corrected chi connectivity index (χ3v) is 4.59. The Hall–Kier alpha value is -0.890. The van der Waals surface area contributed by atoms with Crippen LogP contribution in [-0.2, 0) is 0 Å². The average Bonchev–Trinajstić information content (AvgIpc) is 2.64. The molecule has 19 heavy (non-hydrogen) atoms. The van der Waals surface area contributed by atoms with Gasteiger partial charge >= 0.3 is 0 Å². The van der Waals surface area contributed by atoms with Crippen molar-refractivity contribution in [2.45, 2.75) is 53.0 Å². The van der Waals surface area contributed by atoms with E-state index in [1.54, 1.807) is 12.1 Å². The molecule has 0 heterocycles. The lowest BCUT2D eigenvalue weighted by molar-refractivity contribution is 0.199. The fourth-order valence-corrected chi connectivity index (χ4v) is 3.63. The summed E-state index contributed by atoms with van der Waals surface area (Å²) in [6.07, 6.45) is 3.79. The molecule has 106 valence electrons. The zero-order valence-electron chi connectivity index (χ0n) is 12.6. The molecule has 0 spiro atoms. The van der Waals surface area contributed by atoms with Crippen LogP contribution in [0.1, 0.15) is 57.2 Å². The molecule has 0 amide bonds. The summed E-state index contributed by atoms with van der Waals surface area (Å²) in [6, 6.07) is 5.71. The smallest absolute Gasteiger partial charge is 0.123 e. The van der Waals surface area contributed by atoms with Crippen LogP contribution in [0.3, 0.4) is 0 Å². The van der Waals surface area contributed by atoms with Crippen LogP contribution >= 0.6 is 0 Å². The van der Waals surface area contributed by atoms with E-state index in [0.717, 1.165) is 17.7 Å². The van der Waals surface area contributed by atoms with Crippen LogP contribution < -0.4 is 5.32 Å². The highest BCUT2D eigenvalue weighted by atomic mass is 19.1. The standard InChI is InChI=1S/C17H26FN/c1-5-19-16(15-7-6-8-17(15,3)4)13-9-12(2)10-14(18)11-13/h9-11,15-16,19H,5-8H2,1-4H3. The van der Waals surface area contributed by atoms with Crippen molar-refractivity contribution in [3.63, 3.8) is 0 Å². The molecule has 1 aromatic rings. The molecule has 0 radical (unpaired) electrons. The zero-order valence-corrected chi connectivity index (χ0v) is 12.6. The molecule has 0 saturated heterocycles. The Kier molecular flexibility index (Phi) is 4.29. The van der Waals surface area contributed by atoms with Gasteiger partial charge in [0.15, 0.2) is 0 Å². The summed E-state index contributed by atoms with van der Waals surface area (Å²) >= 11 is 0. The molecule has 1 N–H and O–H groups in total. The Morgan fingerprint density at radius 1 is 1.37 bits per heavy atom. The maximum absolute atomic E-state index is 13.7. The summed E-state index contributed by atoms with van der Waals surface area (Å²) in [5.41, 5.74) is 2.46. The highest BCUT2D eigenvalue weighted by Crippen LogP contribution is 2.48. The Labute approximate surface area is 116 Å². The van der Waals surface area contributed by atoms with Crippen molar-refractivity contribution in [3.8, 4) is 0 Å². The van der Waals surface area contributed by atoms with E-state index < -0.39 is 0 Å². The minimum Gasteiger partial charge on any atom is -0.310 e. The van der Waals surface area contributed by atoms with Crippen LogP contribution in [0.5, 0.6) is 0 Å². The topological polar surface area (TPSA) is 12.0 Å². The van der Waals surface area contributed by atoms with Gasteiger partial charge in [-0.2, -0.15) is 0 Å². The second-order valence-electron chi connectivity index (χ2n) is 6.58. The molecule has 2 unspecified atom stereocenters. The molecule has 1 aliphatic carbocycles. The number of rotatable bonds is 4. The zero-order chi connectivity index (χ0) is 14.0. The first-order valence-electron chi connectivity index (χ1n) is 7.44. The van der Waals surface area contributed by atoms with E-state index in [0.29, 0.717) is 11.3 Å². The average molecular weight is 263 g/mol. The number of hydrogen-bond acceptors (Lipinski definition) is 1. The van der Waals surface area contributed by atoms with Gasteiger partial charge in [-0.25, -0.2) is 4.39 Å². The first kappa shape index (κ1) is 14.5. The van der Waals surface area contributed by atoms with Crippen molar-refractivity contribution in [1.29, 1.82) is 0 Å². The van der Waals surface area contributed by atoms with Gasteiger partial charge in [-0.3, -0.25) is 0 Å². The van der Waals surface area contributed by atoms with Gasteiger partial charge in [0.2, 0.25) is 0 Å². The van der Waals surface area contributed by atoms with Gasteiger partial charge in [-0.15, -0.1) is 0 Å². The van der Waals surface area contributed by atoms with Gasteiger partial charge < -0.3 is 5.32 Å². The molecular formula is C17H26FN. The summed E-state index contributed by atoms with van der Waals surface area (Å²) in [4.78, 5) is 0. The normalized spacial score (nSPS) is 23.5. The van der Waals surface area contributed by atoms with E-state index in [9.17, 15) is 4.39 Å². The van der Waals surface area contributed by atoms with Gasteiger partial charge in [0.05, 0.1) is 0 Å². The highest BCUT2D eigenvalue weighted by molar-refractivity contribution is 5.27. The molecule has 1 aliphatic rings. The van der Waals surface area contributed by atoms with Crippen molar-refractivity contribution in [1.82, 2.24) is 5.32 Å². The SMILES string of the molecule is CCNC(c1cc(C)cc(F)c1)C1CCCC1(C)C. The summed E-state index contributed by atoms with van der Waals surface area (Å²) < 4.78 is 13.7. The molecular weight excluding hydrogens is 237 g/mol. The van der Waals surface area contributed by atoms with Gasteiger partial charge in [-0.05, 0) is 60.9 Å². The summed E-state index contributed by atoms with van der Waals surface area (Å²) in [5.74, 6) is 0.474. The van der Waals surface area contributed by atoms with Crippen LogP contribution in [0, 0.1) is 24.1 Å². The molecule has 0 aliphatic heterocycles. The van der Waals surface area contributed by atoms with Crippen LogP contribution in [-0.4, -0.2) is 6.54 Å². The summed E-state index contributed by atoms with van der Waals surface area (Å²) in [5, 5.41) is 3.58. The van der Waals surface area contributed by atoms with E-state index >= 15 is 0 Å². The van der Waals surface area contributed by atoms with Crippen molar-refractivity contribution in [3.05, 3.63) is 35.1 Å². The van der Waals surface area contributed by atoms with Gasteiger partial charge in [-0.1, -0.05) is 33.3 Å². The Morgan fingerprint density at radius 3 is 2.63 bits per heavy atom. The predicted molar refractivity (Wildman–Crippen MR) is 78.7 cm³/mol.